The highest BCUT2D eigenvalue weighted by Gasteiger charge is 2.21. The fourth-order valence-electron chi connectivity index (χ4n) is 8.46. The SMILES string of the molecule is c1ccc(-c2nc(-c3ccccc3)nc(-c3ccc4c(c3)sc3c(-c5cccc6c5oc5c(-n7c8ccccc8c8ccccc87)cccc56)cccc34)n2)cc1. The summed E-state index contributed by atoms with van der Waals surface area (Å²) in [5.74, 6) is 1.95. The van der Waals surface area contributed by atoms with Crippen molar-refractivity contribution in [1.29, 1.82) is 0 Å². The molecule has 0 spiro atoms. The van der Waals surface area contributed by atoms with Gasteiger partial charge >= 0.3 is 0 Å². The highest BCUT2D eigenvalue weighted by molar-refractivity contribution is 7.26. The molecule has 0 saturated carbocycles. The van der Waals surface area contributed by atoms with Crippen LogP contribution in [0.1, 0.15) is 0 Å². The summed E-state index contributed by atoms with van der Waals surface area (Å²) >= 11 is 1.80. The van der Waals surface area contributed by atoms with Crippen molar-refractivity contribution in [1.82, 2.24) is 19.5 Å². The van der Waals surface area contributed by atoms with E-state index in [1.807, 2.05) is 60.7 Å². The third-order valence-electron chi connectivity index (χ3n) is 11.1. The molecule has 0 atom stereocenters. The van der Waals surface area contributed by atoms with Gasteiger partial charge in [-0.05, 0) is 24.3 Å². The Morgan fingerprint density at radius 3 is 1.58 bits per heavy atom. The van der Waals surface area contributed by atoms with Crippen molar-refractivity contribution >= 4 is 75.3 Å². The molecule has 4 heterocycles. The number of thiophene rings is 1. The van der Waals surface area contributed by atoms with Gasteiger partial charge in [0.1, 0.15) is 5.58 Å². The third-order valence-corrected chi connectivity index (χ3v) is 12.3. The van der Waals surface area contributed by atoms with Crippen LogP contribution in [0.25, 0.3) is 115 Å². The number of para-hydroxylation sites is 4. The van der Waals surface area contributed by atoms with E-state index in [1.165, 1.54) is 30.9 Å². The second-order valence-electron chi connectivity index (χ2n) is 14.3. The second-order valence-corrected chi connectivity index (χ2v) is 15.4. The fraction of sp³-hybridized carbons (Fsp3) is 0. The topological polar surface area (TPSA) is 56.7 Å². The van der Waals surface area contributed by atoms with Gasteiger partial charge in [0, 0.05) is 69.5 Å². The van der Waals surface area contributed by atoms with Crippen molar-refractivity contribution in [3.05, 3.63) is 182 Å². The normalized spacial score (nSPS) is 11.9. The Morgan fingerprint density at radius 1 is 0.386 bits per heavy atom. The van der Waals surface area contributed by atoms with Crippen LogP contribution in [0, 0.1) is 0 Å². The summed E-state index contributed by atoms with van der Waals surface area (Å²) in [7, 11) is 0. The number of aromatic nitrogens is 4. The molecule has 0 amide bonds. The molecular formula is C51H30N4OS. The number of nitrogens with zero attached hydrogens (tertiary/aromatic N) is 4. The molecular weight excluding hydrogens is 717 g/mol. The molecule has 0 aliphatic rings. The number of hydrogen-bond donors (Lipinski definition) is 0. The maximum atomic E-state index is 7.05. The van der Waals surface area contributed by atoms with Gasteiger partial charge < -0.3 is 8.98 Å². The maximum absolute atomic E-state index is 7.05. The van der Waals surface area contributed by atoms with Crippen molar-refractivity contribution in [2.24, 2.45) is 0 Å². The largest absolute Gasteiger partial charge is 0.453 e. The molecule has 4 aromatic heterocycles. The summed E-state index contributed by atoms with van der Waals surface area (Å²) in [6.07, 6.45) is 0. The van der Waals surface area contributed by atoms with Crippen LogP contribution in [0.3, 0.4) is 0 Å². The Hall–Kier alpha value is -7.41. The van der Waals surface area contributed by atoms with Crippen molar-refractivity contribution in [3.8, 4) is 51.0 Å². The Labute approximate surface area is 330 Å². The fourth-order valence-corrected chi connectivity index (χ4v) is 9.73. The molecule has 5 nitrogen and oxygen atoms in total. The van der Waals surface area contributed by atoms with E-state index >= 15 is 0 Å². The Balaban J connectivity index is 1.03. The lowest BCUT2D eigenvalue weighted by molar-refractivity contribution is 0.667. The van der Waals surface area contributed by atoms with Gasteiger partial charge in [-0.1, -0.05) is 158 Å². The number of hydrogen-bond acceptors (Lipinski definition) is 5. The first-order valence-corrected chi connectivity index (χ1v) is 19.8. The lowest BCUT2D eigenvalue weighted by atomic mass is 10.00. The number of rotatable bonds is 5. The summed E-state index contributed by atoms with van der Waals surface area (Å²) in [6.45, 7) is 0. The van der Waals surface area contributed by atoms with Crippen LogP contribution >= 0.6 is 11.3 Å². The highest BCUT2D eigenvalue weighted by atomic mass is 32.1. The quantitative estimate of drug-likeness (QED) is 0.176. The van der Waals surface area contributed by atoms with Gasteiger partial charge in [0.05, 0.1) is 16.7 Å². The molecule has 12 rings (SSSR count). The van der Waals surface area contributed by atoms with E-state index in [0.717, 1.165) is 66.5 Å². The number of benzene rings is 8. The first kappa shape index (κ1) is 31.9. The van der Waals surface area contributed by atoms with Crippen molar-refractivity contribution in [3.63, 3.8) is 0 Å². The Morgan fingerprint density at radius 2 is 0.912 bits per heavy atom. The van der Waals surface area contributed by atoms with Crippen molar-refractivity contribution in [2.75, 3.05) is 0 Å². The zero-order chi connectivity index (χ0) is 37.5. The molecule has 0 unspecified atom stereocenters. The second kappa shape index (κ2) is 12.6. The van der Waals surface area contributed by atoms with E-state index in [4.69, 9.17) is 19.4 Å². The average Bonchev–Trinajstić information content (AvgIpc) is 3.96. The van der Waals surface area contributed by atoms with E-state index in [2.05, 4.69) is 126 Å². The molecule has 0 bridgehead atoms. The average molecular weight is 747 g/mol. The van der Waals surface area contributed by atoms with E-state index in [1.54, 1.807) is 11.3 Å². The zero-order valence-corrected chi connectivity index (χ0v) is 31.2. The smallest absolute Gasteiger partial charge is 0.164 e. The minimum atomic E-state index is 0.647. The molecule has 0 aliphatic heterocycles. The monoisotopic (exact) mass is 746 g/mol. The maximum Gasteiger partial charge on any atom is 0.164 e. The lowest BCUT2D eigenvalue weighted by Crippen LogP contribution is -1.99. The predicted molar refractivity (Wildman–Crippen MR) is 236 cm³/mol. The molecule has 12 aromatic rings. The molecule has 266 valence electrons. The predicted octanol–water partition coefficient (Wildman–Crippen LogP) is 13.9. The zero-order valence-electron chi connectivity index (χ0n) is 30.4. The Kier molecular flexibility index (Phi) is 7.03. The van der Waals surface area contributed by atoms with Crippen molar-refractivity contribution in [2.45, 2.75) is 0 Å². The van der Waals surface area contributed by atoms with Crippen molar-refractivity contribution < 1.29 is 4.42 Å². The summed E-state index contributed by atoms with van der Waals surface area (Å²) in [6, 6.07) is 63.6. The van der Waals surface area contributed by atoms with Crippen LogP contribution in [-0.2, 0) is 0 Å². The lowest BCUT2D eigenvalue weighted by Gasteiger charge is -2.08. The van der Waals surface area contributed by atoms with Crippen LogP contribution in [0.5, 0.6) is 0 Å². The standard InChI is InChI=1S/C51H30N4OS/c1-3-14-31(15-4-1)49-52-50(32-16-5-2-6-17-32)54-51(53-49)33-28-29-36-40-23-12-24-41(48(40)57-45(36)30-33)39-21-11-20-37-38-22-13-27-44(47(38)56-46(37)39)55-42-25-9-7-18-34(42)35-19-8-10-26-43(35)55/h1-30H. The van der Waals surface area contributed by atoms with Gasteiger partial charge in [-0.25, -0.2) is 15.0 Å². The van der Waals surface area contributed by atoms with Crippen LogP contribution < -0.4 is 0 Å². The first-order chi connectivity index (χ1) is 28.3. The number of fused-ring (bicyclic) bond motifs is 9. The molecule has 0 fully saturated rings. The molecule has 57 heavy (non-hydrogen) atoms. The van der Waals surface area contributed by atoms with Crippen LogP contribution in [0.15, 0.2) is 186 Å². The van der Waals surface area contributed by atoms with Gasteiger partial charge in [0.2, 0.25) is 0 Å². The van der Waals surface area contributed by atoms with E-state index in [9.17, 15) is 0 Å². The summed E-state index contributed by atoms with van der Waals surface area (Å²) in [4.78, 5) is 14.9. The summed E-state index contributed by atoms with van der Waals surface area (Å²) in [5.41, 5.74) is 10.2. The van der Waals surface area contributed by atoms with Gasteiger partial charge in [0.15, 0.2) is 23.1 Å². The minimum absolute atomic E-state index is 0.647. The Bertz CT molecular complexity index is 3420. The first-order valence-electron chi connectivity index (χ1n) is 19.0. The van der Waals surface area contributed by atoms with Gasteiger partial charge in [-0.2, -0.15) is 0 Å². The van der Waals surface area contributed by atoms with Crippen LogP contribution in [0.2, 0.25) is 0 Å². The third kappa shape index (κ3) is 4.98. The molecule has 0 aliphatic carbocycles. The molecule has 8 aromatic carbocycles. The van der Waals surface area contributed by atoms with Gasteiger partial charge in [-0.15, -0.1) is 11.3 Å². The van der Waals surface area contributed by atoms with E-state index < -0.39 is 0 Å². The highest BCUT2D eigenvalue weighted by Crippen LogP contribution is 2.45. The molecule has 6 heteroatoms. The molecule has 0 radical (unpaired) electrons. The van der Waals surface area contributed by atoms with Gasteiger partial charge in [-0.3, -0.25) is 0 Å². The van der Waals surface area contributed by atoms with E-state index in [-0.39, 0.29) is 0 Å². The molecule has 0 N–H and O–H groups in total. The van der Waals surface area contributed by atoms with Crippen LogP contribution in [0.4, 0.5) is 0 Å². The molecule has 0 saturated heterocycles. The van der Waals surface area contributed by atoms with E-state index in [0.29, 0.717) is 17.5 Å². The minimum Gasteiger partial charge on any atom is -0.453 e. The van der Waals surface area contributed by atoms with Gasteiger partial charge in [0.25, 0.3) is 0 Å². The summed E-state index contributed by atoms with van der Waals surface area (Å²) in [5, 5.41) is 7.07. The number of furan rings is 1. The summed E-state index contributed by atoms with van der Waals surface area (Å²) < 4.78 is 11.8. The van der Waals surface area contributed by atoms with Crippen LogP contribution in [-0.4, -0.2) is 19.5 Å².